The maximum atomic E-state index is 12.2. The first kappa shape index (κ1) is 32.6. The molecule has 2 atom stereocenters. The Morgan fingerprint density at radius 1 is 1.13 bits per heavy atom. The molecular formula is C25H47N5O7S. The summed E-state index contributed by atoms with van der Waals surface area (Å²) in [6, 6.07) is 0. The minimum atomic E-state index is -1.22. The zero-order valence-electron chi connectivity index (χ0n) is 23.7. The molecule has 0 aromatic carbocycles. The number of hydrogen-bond acceptors (Lipinski definition) is 12. The van der Waals surface area contributed by atoms with Crippen LogP contribution in [0.5, 0.6) is 5.88 Å². The van der Waals surface area contributed by atoms with Crippen LogP contribution in [0.15, 0.2) is 0 Å². The van der Waals surface area contributed by atoms with E-state index in [1.54, 1.807) is 13.8 Å². The number of hydrogen-bond donors (Lipinski definition) is 4. The van der Waals surface area contributed by atoms with Gasteiger partial charge in [-0.2, -0.15) is 4.37 Å². The van der Waals surface area contributed by atoms with Gasteiger partial charge >= 0.3 is 0 Å². The highest BCUT2D eigenvalue weighted by molar-refractivity contribution is 6.99. The molecular weight excluding hydrogens is 514 g/mol. The smallest absolute Gasteiger partial charge is 0.270 e. The van der Waals surface area contributed by atoms with E-state index in [1.165, 1.54) is 0 Å². The maximum absolute atomic E-state index is 12.2. The van der Waals surface area contributed by atoms with Crippen LogP contribution < -0.4 is 20.3 Å². The Bertz CT molecular complexity index is 831. The highest BCUT2D eigenvalue weighted by atomic mass is 32.1. The zero-order chi connectivity index (χ0) is 28.2. The molecule has 1 aliphatic rings. The van der Waals surface area contributed by atoms with Crippen LogP contribution in [-0.2, 0) is 19.0 Å². The number of amides is 1. The first-order valence-electron chi connectivity index (χ1n) is 13.3. The van der Waals surface area contributed by atoms with E-state index in [0.29, 0.717) is 64.1 Å². The summed E-state index contributed by atoms with van der Waals surface area (Å²) in [5.74, 6) is 0.895. The average molecular weight is 562 g/mol. The van der Waals surface area contributed by atoms with Crippen molar-refractivity contribution in [2.75, 3.05) is 64.1 Å². The molecule has 0 spiro atoms. The van der Waals surface area contributed by atoms with Gasteiger partial charge in [-0.15, -0.1) is 4.37 Å². The number of morpholine rings is 1. The van der Waals surface area contributed by atoms with Gasteiger partial charge in [0.2, 0.25) is 11.7 Å². The van der Waals surface area contributed by atoms with Crippen LogP contribution in [0.4, 0.5) is 5.82 Å². The Hall–Kier alpha value is -1.61. The lowest BCUT2D eigenvalue weighted by molar-refractivity contribution is -0.135. The number of ether oxygens (including phenoxy) is 4. The molecule has 1 saturated heterocycles. The van der Waals surface area contributed by atoms with Gasteiger partial charge in [0.25, 0.3) is 5.88 Å². The number of rotatable bonds is 18. The van der Waals surface area contributed by atoms with Crippen molar-refractivity contribution in [1.29, 1.82) is 0 Å². The lowest BCUT2D eigenvalue weighted by Gasteiger charge is -2.31. The van der Waals surface area contributed by atoms with E-state index in [0.717, 1.165) is 24.8 Å². The third kappa shape index (κ3) is 12.5. The summed E-state index contributed by atoms with van der Waals surface area (Å²) in [5, 5.41) is 26.1. The predicted octanol–water partition coefficient (Wildman–Crippen LogP) is 1.31. The quantitative estimate of drug-likeness (QED) is 0.152. The summed E-state index contributed by atoms with van der Waals surface area (Å²) < 4.78 is 31.5. The van der Waals surface area contributed by atoms with E-state index < -0.39 is 23.0 Å². The number of aromatic nitrogens is 2. The third-order valence-electron chi connectivity index (χ3n) is 6.20. The largest absolute Gasteiger partial charge is 0.472 e. The summed E-state index contributed by atoms with van der Waals surface area (Å²) in [7, 11) is 0. The molecule has 1 amide bonds. The Kier molecular flexibility index (Phi) is 13.1. The lowest BCUT2D eigenvalue weighted by atomic mass is 10.0. The van der Waals surface area contributed by atoms with Crippen molar-refractivity contribution in [1.82, 2.24) is 19.4 Å². The minimum absolute atomic E-state index is 0.114. The summed E-state index contributed by atoms with van der Waals surface area (Å²) in [6.07, 6.45) is 0.520. The molecule has 0 radical (unpaired) electrons. The number of nitrogens with zero attached hydrogens (tertiary/aromatic N) is 3. The van der Waals surface area contributed by atoms with E-state index in [-0.39, 0.29) is 18.9 Å². The average Bonchev–Trinajstić information content (AvgIpc) is 3.30. The van der Waals surface area contributed by atoms with Crippen molar-refractivity contribution in [2.45, 2.75) is 83.8 Å². The Morgan fingerprint density at radius 2 is 1.82 bits per heavy atom. The molecule has 0 aliphatic carbocycles. The number of aliphatic hydroxyl groups is 2. The second-order valence-electron chi connectivity index (χ2n) is 11.0. The predicted molar refractivity (Wildman–Crippen MR) is 146 cm³/mol. The molecule has 0 saturated carbocycles. The highest BCUT2D eigenvalue weighted by Crippen LogP contribution is 2.26. The molecule has 2 rings (SSSR count). The number of carbonyl (C=O) groups excluding carboxylic acids is 1. The summed E-state index contributed by atoms with van der Waals surface area (Å²) in [6.45, 7) is 15.8. The highest BCUT2D eigenvalue weighted by Gasteiger charge is 2.28. The maximum Gasteiger partial charge on any atom is 0.270 e. The fraction of sp³-hybridized carbons (Fsp3) is 0.880. The van der Waals surface area contributed by atoms with Gasteiger partial charge in [-0.05, 0) is 47.5 Å². The van der Waals surface area contributed by atoms with Gasteiger partial charge < -0.3 is 44.7 Å². The van der Waals surface area contributed by atoms with Crippen molar-refractivity contribution in [3.8, 4) is 5.88 Å². The second-order valence-corrected chi connectivity index (χ2v) is 11.5. The molecule has 12 nitrogen and oxygen atoms in total. The van der Waals surface area contributed by atoms with E-state index in [9.17, 15) is 15.0 Å². The van der Waals surface area contributed by atoms with E-state index in [2.05, 4.69) is 24.3 Å². The van der Waals surface area contributed by atoms with Crippen molar-refractivity contribution in [3.05, 3.63) is 0 Å². The van der Waals surface area contributed by atoms with Crippen LogP contribution in [0.1, 0.15) is 60.8 Å². The zero-order valence-corrected chi connectivity index (χ0v) is 24.6. The van der Waals surface area contributed by atoms with E-state index in [4.69, 9.17) is 18.9 Å². The van der Waals surface area contributed by atoms with E-state index in [1.807, 2.05) is 27.7 Å². The fourth-order valence-corrected chi connectivity index (χ4v) is 4.17. The second kappa shape index (κ2) is 15.2. The van der Waals surface area contributed by atoms with Gasteiger partial charge in [-0.25, -0.2) is 0 Å². The van der Waals surface area contributed by atoms with Gasteiger partial charge in [-0.3, -0.25) is 4.79 Å². The normalized spacial score (nSPS) is 17.2. The van der Waals surface area contributed by atoms with Crippen LogP contribution in [0, 0.1) is 0 Å². The Morgan fingerprint density at radius 3 is 2.50 bits per heavy atom. The monoisotopic (exact) mass is 561 g/mol. The molecule has 1 fully saturated rings. The summed E-state index contributed by atoms with van der Waals surface area (Å²) in [4.78, 5) is 14.3. The molecule has 13 heteroatoms. The van der Waals surface area contributed by atoms with Crippen molar-refractivity contribution < 1.29 is 34.0 Å². The van der Waals surface area contributed by atoms with Crippen LogP contribution in [0.25, 0.3) is 0 Å². The summed E-state index contributed by atoms with van der Waals surface area (Å²) >= 11 is 1.09. The van der Waals surface area contributed by atoms with Crippen molar-refractivity contribution in [2.24, 2.45) is 0 Å². The fourth-order valence-electron chi connectivity index (χ4n) is 3.65. The van der Waals surface area contributed by atoms with Crippen molar-refractivity contribution in [3.63, 3.8) is 0 Å². The topological polar surface area (TPSA) is 148 Å². The molecule has 38 heavy (non-hydrogen) atoms. The van der Waals surface area contributed by atoms with Gasteiger partial charge in [0.05, 0.1) is 55.8 Å². The molecule has 2 unspecified atom stereocenters. The van der Waals surface area contributed by atoms with Crippen LogP contribution in [-0.4, -0.2) is 107 Å². The van der Waals surface area contributed by atoms with Gasteiger partial charge in [0.1, 0.15) is 18.4 Å². The first-order chi connectivity index (χ1) is 17.8. The minimum Gasteiger partial charge on any atom is -0.472 e. The van der Waals surface area contributed by atoms with Gasteiger partial charge in [0, 0.05) is 26.2 Å². The lowest BCUT2D eigenvalue weighted by Crippen LogP contribution is -2.47. The number of carbonyl (C=O) groups is 1. The molecule has 220 valence electrons. The van der Waals surface area contributed by atoms with E-state index >= 15 is 0 Å². The Labute approximate surface area is 230 Å². The third-order valence-corrected chi connectivity index (χ3v) is 6.70. The molecule has 1 aliphatic heterocycles. The summed E-state index contributed by atoms with van der Waals surface area (Å²) in [5.41, 5.74) is -2.30. The van der Waals surface area contributed by atoms with Crippen LogP contribution in [0.3, 0.4) is 0 Å². The SMILES string of the molecule is CCC(C)(O)NC(=O)CC(C)(C)OCCC(C)(C)OCCNCC(O)COc1nsnc1N1CCOCC1. The molecule has 0 bridgehead atoms. The number of anilines is 1. The number of nitrogens with one attached hydrogen (secondary N) is 2. The molecule has 4 N–H and O–H groups in total. The molecule has 1 aromatic rings. The van der Waals surface area contributed by atoms with Crippen molar-refractivity contribution >= 4 is 23.5 Å². The molecule has 1 aromatic heterocycles. The van der Waals surface area contributed by atoms with Gasteiger partial charge in [0.15, 0.2) is 0 Å². The first-order valence-corrected chi connectivity index (χ1v) is 14.0. The Balaban J connectivity index is 1.58. The standard InChI is InChI=1S/C25H47N5O7S/c1-7-25(6,33)27-20(32)16-24(4,5)36-12-8-23(2,3)37-13-9-26-17-19(31)18-35-22-21(28-38-29-22)30-10-14-34-15-11-30/h19,26,31,33H,7-18H2,1-6H3,(H,27,32). The molecule has 2 heterocycles. The van der Waals surface area contributed by atoms with Crippen LogP contribution in [0.2, 0.25) is 0 Å². The van der Waals surface area contributed by atoms with Crippen LogP contribution >= 0.6 is 11.7 Å². The number of aliphatic hydroxyl groups excluding tert-OH is 1. The van der Waals surface area contributed by atoms with Gasteiger partial charge in [-0.1, -0.05) is 6.92 Å².